The van der Waals surface area contributed by atoms with Crippen LogP contribution in [0.1, 0.15) is 68.1 Å². The van der Waals surface area contributed by atoms with Crippen LogP contribution in [-0.4, -0.2) is 52.4 Å². The Balaban J connectivity index is 1.61. The first-order valence-electron chi connectivity index (χ1n) is 15.4. The zero-order valence-electron chi connectivity index (χ0n) is 24.4. The fourth-order valence-corrected chi connectivity index (χ4v) is 5.27. The number of hydrogen-bond acceptors (Lipinski definition) is 7. The van der Waals surface area contributed by atoms with Crippen molar-refractivity contribution >= 4 is 21.5 Å². The van der Waals surface area contributed by atoms with E-state index >= 15 is 0 Å². The number of nitriles is 1. The summed E-state index contributed by atoms with van der Waals surface area (Å²) in [5.41, 5.74) is 14.4. The smallest absolute Gasteiger partial charge is 0.0991 e. The van der Waals surface area contributed by atoms with E-state index in [0.29, 0.717) is 5.56 Å². The minimum Gasteiger partial charge on any atom is -0.330 e. The molecular weight excluding hydrogens is 494 g/mol. The van der Waals surface area contributed by atoms with Gasteiger partial charge in [0.15, 0.2) is 0 Å². The van der Waals surface area contributed by atoms with Gasteiger partial charge in [-0.1, -0.05) is 30.3 Å². The molecule has 0 bridgehead atoms. The molecule has 7 nitrogen and oxygen atoms in total. The second kappa shape index (κ2) is 19.5. The van der Waals surface area contributed by atoms with E-state index in [2.05, 4.69) is 63.7 Å². The van der Waals surface area contributed by atoms with Gasteiger partial charge in [-0.3, -0.25) is 0 Å². The van der Waals surface area contributed by atoms with Gasteiger partial charge >= 0.3 is 0 Å². The van der Waals surface area contributed by atoms with E-state index in [1.807, 2.05) is 6.07 Å². The number of fused-ring (bicyclic) bond motifs is 2. The predicted molar refractivity (Wildman–Crippen MR) is 170 cm³/mol. The fraction of sp³-hybridized carbons (Fsp3) is 0.545. The monoisotopic (exact) mass is 545 g/mol. The van der Waals surface area contributed by atoms with Crippen LogP contribution in [0.3, 0.4) is 0 Å². The first-order chi connectivity index (χ1) is 19.8. The summed E-state index contributed by atoms with van der Waals surface area (Å²) >= 11 is 0. The summed E-state index contributed by atoms with van der Waals surface area (Å²) < 4.78 is 0. The predicted octanol–water partition coefficient (Wildman–Crippen LogP) is 4.26. The molecule has 8 N–H and O–H groups in total. The SMILES string of the molecule is N#Cc1ccc2c(CNCCCCNCCCCN)c3ccccc3c(CNCCCCNCCCCN)c2c1. The van der Waals surface area contributed by atoms with Crippen molar-refractivity contribution in [1.29, 1.82) is 5.26 Å². The van der Waals surface area contributed by atoms with E-state index in [-0.39, 0.29) is 0 Å². The maximum atomic E-state index is 9.64. The maximum Gasteiger partial charge on any atom is 0.0991 e. The highest BCUT2D eigenvalue weighted by molar-refractivity contribution is 6.06. The Morgan fingerprint density at radius 3 is 1.43 bits per heavy atom. The number of rotatable bonds is 22. The van der Waals surface area contributed by atoms with Crippen molar-refractivity contribution in [1.82, 2.24) is 21.3 Å². The van der Waals surface area contributed by atoms with E-state index in [0.717, 1.165) is 117 Å². The van der Waals surface area contributed by atoms with Crippen molar-refractivity contribution in [2.45, 2.75) is 64.5 Å². The average molecular weight is 546 g/mol. The molecule has 0 aromatic heterocycles. The number of nitrogens with two attached hydrogens (primary N) is 2. The minimum absolute atomic E-state index is 0.711. The van der Waals surface area contributed by atoms with Gasteiger partial charge in [0.25, 0.3) is 0 Å². The first-order valence-corrected chi connectivity index (χ1v) is 15.4. The Morgan fingerprint density at radius 1 is 0.525 bits per heavy atom. The summed E-state index contributed by atoms with van der Waals surface area (Å²) in [6, 6.07) is 17.3. The molecule has 0 saturated heterocycles. The molecular formula is C33H51N7. The summed E-state index contributed by atoms with van der Waals surface area (Å²) in [7, 11) is 0. The summed E-state index contributed by atoms with van der Waals surface area (Å²) in [6.07, 6.45) is 9.09. The zero-order chi connectivity index (χ0) is 28.3. The Bertz CT molecular complexity index is 1170. The number of nitrogens with one attached hydrogen (secondary N) is 4. The van der Waals surface area contributed by atoms with Gasteiger partial charge in [-0.25, -0.2) is 0 Å². The lowest BCUT2D eigenvalue weighted by molar-refractivity contribution is 0.568. The molecule has 0 spiro atoms. The molecule has 0 aliphatic rings. The molecule has 40 heavy (non-hydrogen) atoms. The first kappa shape index (κ1) is 32.0. The highest BCUT2D eigenvalue weighted by atomic mass is 14.9. The summed E-state index contributed by atoms with van der Waals surface area (Å²) in [6.45, 7) is 9.35. The fourth-order valence-electron chi connectivity index (χ4n) is 5.27. The molecule has 218 valence electrons. The molecule has 0 radical (unpaired) electrons. The second-order valence-electron chi connectivity index (χ2n) is 10.6. The lowest BCUT2D eigenvalue weighted by Crippen LogP contribution is -2.21. The van der Waals surface area contributed by atoms with Crippen LogP contribution in [0.5, 0.6) is 0 Å². The molecule has 0 aliphatic heterocycles. The molecule has 7 heteroatoms. The van der Waals surface area contributed by atoms with Crippen molar-refractivity contribution in [3.05, 3.63) is 59.2 Å². The summed E-state index contributed by atoms with van der Waals surface area (Å²) in [5, 5.41) is 29.0. The average Bonchev–Trinajstić information content (AvgIpc) is 2.99. The largest absolute Gasteiger partial charge is 0.330 e. The minimum atomic E-state index is 0.711. The highest BCUT2D eigenvalue weighted by Crippen LogP contribution is 2.33. The van der Waals surface area contributed by atoms with Gasteiger partial charge in [0.1, 0.15) is 0 Å². The van der Waals surface area contributed by atoms with Gasteiger partial charge in [-0.15, -0.1) is 0 Å². The van der Waals surface area contributed by atoms with Gasteiger partial charge in [-0.2, -0.15) is 5.26 Å². The lowest BCUT2D eigenvalue weighted by Gasteiger charge is -2.18. The maximum absolute atomic E-state index is 9.64. The highest BCUT2D eigenvalue weighted by Gasteiger charge is 2.14. The quantitative estimate of drug-likeness (QED) is 0.0823. The van der Waals surface area contributed by atoms with Crippen molar-refractivity contribution in [3.63, 3.8) is 0 Å². The lowest BCUT2D eigenvalue weighted by atomic mass is 9.90. The molecule has 0 fully saturated rings. The number of benzene rings is 3. The molecule has 0 atom stereocenters. The number of nitrogens with zero attached hydrogens (tertiary/aromatic N) is 1. The van der Waals surface area contributed by atoms with E-state index in [1.54, 1.807) is 0 Å². The van der Waals surface area contributed by atoms with E-state index < -0.39 is 0 Å². The van der Waals surface area contributed by atoms with E-state index in [4.69, 9.17) is 11.5 Å². The van der Waals surface area contributed by atoms with Gasteiger partial charge in [0.2, 0.25) is 0 Å². The molecule has 0 aliphatic carbocycles. The van der Waals surface area contributed by atoms with E-state index in [1.165, 1.54) is 32.7 Å². The van der Waals surface area contributed by atoms with Crippen LogP contribution in [0, 0.1) is 11.3 Å². The Labute approximate surface area is 241 Å². The molecule has 0 heterocycles. The van der Waals surface area contributed by atoms with Gasteiger partial charge in [-0.05, 0) is 149 Å². The molecule has 3 rings (SSSR count). The number of unbranched alkanes of at least 4 members (excludes halogenated alkanes) is 4. The van der Waals surface area contributed by atoms with Gasteiger partial charge < -0.3 is 32.7 Å². The van der Waals surface area contributed by atoms with Crippen LogP contribution in [0.4, 0.5) is 0 Å². The summed E-state index contributed by atoms with van der Waals surface area (Å²) in [5.74, 6) is 0. The third-order valence-corrected chi connectivity index (χ3v) is 7.51. The third kappa shape index (κ3) is 10.4. The van der Waals surface area contributed by atoms with Crippen LogP contribution in [-0.2, 0) is 13.1 Å². The van der Waals surface area contributed by atoms with Crippen molar-refractivity contribution in [2.24, 2.45) is 11.5 Å². The molecule has 0 unspecified atom stereocenters. The van der Waals surface area contributed by atoms with Crippen LogP contribution in [0.2, 0.25) is 0 Å². The van der Waals surface area contributed by atoms with Gasteiger partial charge in [0.05, 0.1) is 11.6 Å². The zero-order valence-corrected chi connectivity index (χ0v) is 24.4. The van der Waals surface area contributed by atoms with Crippen molar-refractivity contribution < 1.29 is 0 Å². The Hall–Kier alpha value is -2.57. The Kier molecular flexibility index (Phi) is 15.6. The topological polar surface area (TPSA) is 124 Å². The number of hydrogen-bond donors (Lipinski definition) is 6. The summed E-state index contributed by atoms with van der Waals surface area (Å²) in [4.78, 5) is 0. The van der Waals surface area contributed by atoms with Crippen LogP contribution in [0.15, 0.2) is 42.5 Å². The third-order valence-electron chi connectivity index (χ3n) is 7.51. The van der Waals surface area contributed by atoms with Crippen molar-refractivity contribution in [2.75, 3.05) is 52.4 Å². The van der Waals surface area contributed by atoms with Crippen LogP contribution in [0.25, 0.3) is 21.5 Å². The van der Waals surface area contributed by atoms with Crippen LogP contribution < -0.4 is 32.7 Å². The second-order valence-corrected chi connectivity index (χ2v) is 10.6. The standard InChI is InChI=1S/C33H51N7/c34-15-3-5-17-37-19-7-9-21-39-25-32-28-11-1-2-12-29(28)33(31-23-27(24-36)13-14-30(31)32)26-40-22-10-8-20-38-18-6-4-16-35/h1-2,11-14,23,37-40H,3-10,15-22,25-26,34-35H2. The molecule has 0 amide bonds. The molecule has 3 aromatic carbocycles. The van der Waals surface area contributed by atoms with Crippen molar-refractivity contribution in [3.8, 4) is 6.07 Å². The normalized spacial score (nSPS) is 11.4. The van der Waals surface area contributed by atoms with E-state index in [9.17, 15) is 5.26 Å². The Morgan fingerprint density at radius 2 is 0.950 bits per heavy atom. The molecule has 3 aromatic rings. The molecule has 0 saturated carbocycles. The van der Waals surface area contributed by atoms with Crippen LogP contribution >= 0.6 is 0 Å². The van der Waals surface area contributed by atoms with Gasteiger partial charge in [0, 0.05) is 13.1 Å².